The predicted octanol–water partition coefficient (Wildman–Crippen LogP) is 12.9. The van der Waals surface area contributed by atoms with Crippen molar-refractivity contribution in [2.24, 2.45) is 0 Å². The lowest BCUT2D eigenvalue weighted by Gasteiger charge is -2.31. The van der Waals surface area contributed by atoms with Crippen LogP contribution in [0.3, 0.4) is 0 Å². The fourth-order valence-corrected chi connectivity index (χ4v) is 6.90. The fraction of sp³-hybridized carbons (Fsp3) is 0.854. The van der Waals surface area contributed by atoms with Gasteiger partial charge in [-0.3, -0.25) is 9.59 Å². The molecular formula is C48H90NO7+. The molecule has 1 N–H and O–H groups in total. The van der Waals surface area contributed by atoms with Crippen LogP contribution in [0.1, 0.15) is 213 Å². The van der Waals surface area contributed by atoms with Gasteiger partial charge in [-0.1, -0.05) is 154 Å². The molecule has 0 heterocycles. The van der Waals surface area contributed by atoms with Crippen molar-refractivity contribution in [3.05, 3.63) is 24.3 Å². The number of aliphatic carboxylic acids is 1. The summed E-state index contributed by atoms with van der Waals surface area (Å²) >= 11 is 0. The molecule has 0 aromatic carbocycles. The monoisotopic (exact) mass is 793 g/mol. The van der Waals surface area contributed by atoms with Crippen LogP contribution in [0.15, 0.2) is 24.3 Å². The highest BCUT2D eigenvalue weighted by Gasteiger charge is 2.31. The molecule has 0 spiro atoms. The highest BCUT2D eigenvalue weighted by Crippen LogP contribution is 2.14. The summed E-state index contributed by atoms with van der Waals surface area (Å²) in [5, 5.41) is 9.62. The Morgan fingerprint density at radius 2 is 0.893 bits per heavy atom. The predicted molar refractivity (Wildman–Crippen MR) is 234 cm³/mol. The molecule has 0 radical (unpaired) electrons. The van der Waals surface area contributed by atoms with E-state index < -0.39 is 18.1 Å². The van der Waals surface area contributed by atoms with E-state index in [1.54, 1.807) is 0 Å². The molecule has 0 bridgehead atoms. The Bertz CT molecular complexity index is 973. The summed E-state index contributed by atoms with van der Waals surface area (Å²) in [6.07, 6.45) is 43.6. The van der Waals surface area contributed by atoms with Crippen LogP contribution in [0, 0.1) is 0 Å². The molecule has 0 aromatic rings. The number of rotatable bonds is 42. The third kappa shape index (κ3) is 37.4. The number of hydrogen-bond acceptors (Lipinski definition) is 6. The van der Waals surface area contributed by atoms with Crippen molar-refractivity contribution in [1.29, 1.82) is 0 Å². The zero-order chi connectivity index (χ0) is 41.4. The maximum Gasteiger partial charge on any atom is 0.362 e. The molecule has 0 fully saturated rings. The number of quaternary nitrogens is 1. The maximum atomic E-state index is 12.7. The average molecular weight is 793 g/mol. The van der Waals surface area contributed by atoms with Crippen molar-refractivity contribution in [3.8, 4) is 0 Å². The molecule has 0 aromatic heterocycles. The molecule has 0 aliphatic carbocycles. The smallest absolute Gasteiger partial charge is 0.362 e. The number of carboxylic acid groups (broad SMARTS) is 1. The number of allylic oxidation sites excluding steroid dienone is 4. The number of ether oxygens (including phenoxy) is 3. The topological polar surface area (TPSA) is 99.1 Å². The van der Waals surface area contributed by atoms with Gasteiger partial charge in [0.25, 0.3) is 0 Å². The van der Waals surface area contributed by atoms with Gasteiger partial charge < -0.3 is 23.8 Å². The molecule has 0 aliphatic rings. The number of nitrogens with zero attached hydrogens (tertiary/aromatic N) is 1. The fourth-order valence-electron chi connectivity index (χ4n) is 6.90. The van der Waals surface area contributed by atoms with Crippen molar-refractivity contribution in [3.63, 3.8) is 0 Å². The summed E-state index contributed by atoms with van der Waals surface area (Å²) in [5.74, 6) is -1.49. The van der Waals surface area contributed by atoms with E-state index in [9.17, 15) is 19.5 Å². The Hall–Kier alpha value is -2.19. The molecule has 0 aliphatic heterocycles. The lowest BCUT2D eigenvalue weighted by molar-refractivity contribution is -0.887. The summed E-state index contributed by atoms with van der Waals surface area (Å²) < 4.78 is 17.3. The number of unbranched alkanes of at least 4 members (excludes halogenated alkanes) is 24. The van der Waals surface area contributed by atoms with Gasteiger partial charge in [0.2, 0.25) is 0 Å². The zero-order valence-electron chi connectivity index (χ0n) is 37.3. The molecule has 56 heavy (non-hydrogen) atoms. The van der Waals surface area contributed by atoms with Crippen LogP contribution in [0.25, 0.3) is 0 Å². The maximum absolute atomic E-state index is 12.7. The first kappa shape index (κ1) is 53.8. The van der Waals surface area contributed by atoms with Crippen LogP contribution in [0.5, 0.6) is 0 Å². The number of likely N-dealkylation sites (N-methyl/N-ethyl adjacent to an activating group) is 1. The van der Waals surface area contributed by atoms with E-state index in [4.69, 9.17) is 14.2 Å². The van der Waals surface area contributed by atoms with Crippen molar-refractivity contribution in [2.45, 2.75) is 225 Å². The minimum absolute atomic E-state index is 0.0552. The van der Waals surface area contributed by atoms with E-state index in [1.165, 1.54) is 122 Å². The number of carbonyl (C=O) groups excluding carboxylic acids is 2. The lowest BCUT2D eigenvalue weighted by atomic mass is 10.1. The van der Waals surface area contributed by atoms with Crippen molar-refractivity contribution in [1.82, 2.24) is 0 Å². The van der Waals surface area contributed by atoms with Gasteiger partial charge in [-0.05, 0) is 64.2 Å². The normalized spacial score (nSPS) is 13.1. The molecule has 8 heteroatoms. The molecule has 0 amide bonds. The van der Waals surface area contributed by atoms with Crippen LogP contribution < -0.4 is 0 Å². The van der Waals surface area contributed by atoms with E-state index in [0.29, 0.717) is 19.3 Å². The second-order valence-corrected chi connectivity index (χ2v) is 17.0. The Balaban J connectivity index is 4.32. The lowest BCUT2D eigenvalue weighted by Crippen LogP contribution is -2.50. The van der Waals surface area contributed by atoms with E-state index in [-0.39, 0.29) is 36.2 Å². The summed E-state index contributed by atoms with van der Waals surface area (Å²) in [6.45, 7) is 4.72. The van der Waals surface area contributed by atoms with Crippen LogP contribution in [0.4, 0.5) is 0 Å². The average Bonchev–Trinajstić information content (AvgIpc) is 3.15. The first-order chi connectivity index (χ1) is 27.1. The minimum Gasteiger partial charge on any atom is -0.477 e. The second-order valence-electron chi connectivity index (χ2n) is 17.0. The molecule has 0 rings (SSSR count). The largest absolute Gasteiger partial charge is 0.477 e. The van der Waals surface area contributed by atoms with E-state index in [0.717, 1.165) is 57.8 Å². The van der Waals surface area contributed by atoms with E-state index >= 15 is 0 Å². The van der Waals surface area contributed by atoms with E-state index in [2.05, 4.69) is 38.2 Å². The number of carbonyl (C=O) groups is 3. The van der Waals surface area contributed by atoms with Crippen molar-refractivity contribution < 1.29 is 38.2 Å². The Morgan fingerprint density at radius 3 is 1.30 bits per heavy atom. The van der Waals surface area contributed by atoms with Gasteiger partial charge in [0.05, 0.1) is 34.4 Å². The van der Waals surface area contributed by atoms with Gasteiger partial charge in [0.1, 0.15) is 6.61 Å². The summed E-state index contributed by atoms with van der Waals surface area (Å²) in [4.78, 5) is 37.0. The number of carboxylic acids is 1. The quantitative estimate of drug-likeness (QED) is 0.0284. The zero-order valence-corrected chi connectivity index (χ0v) is 37.3. The summed E-state index contributed by atoms with van der Waals surface area (Å²) in [6, 6.07) is -0.616. The standard InChI is InChI=1S/C48H89NO7/c1-6-8-10-12-14-16-18-20-22-23-24-25-27-28-30-32-34-36-38-46(50)55-43-44(42-54-41-40-45(48(52)53)49(3,4)5)56-47(51)39-37-35-33-31-29-26-21-19-17-15-13-11-9-7-2/h24-26,29,44-45H,6-23,27-28,30-43H2,1-5H3/p+1/b25-24+,29-26+. The Morgan fingerprint density at radius 1 is 0.518 bits per heavy atom. The van der Waals surface area contributed by atoms with Crippen molar-refractivity contribution >= 4 is 17.9 Å². The highest BCUT2D eigenvalue weighted by molar-refractivity contribution is 5.72. The third-order valence-corrected chi connectivity index (χ3v) is 10.6. The molecule has 0 saturated carbocycles. The third-order valence-electron chi connectivity index (χ3n) is 10.6. The van der Waals surface area contributed by atoms with Crippen LogP contribution >= 0.6 is 0 Å². The van der Waals surface area contributed by atoms with Crippen LogP contribution in [-0.2, 0) is 28.6 Å². The molecular weight excluding hydrogens is 703 g/mol. The Labute approximate surface area is 345 Å². The first-order valence-corrected chi connectivity index (χ1v) is 23.4. The molecule has 328 valence electrons. The summed E-state index contributed by atoms with van der Waals surface area (Å²) in [7, 11) is 5.52. The molecule has 2 unspecified atom stereocenters. The van der Waals surface area contributed by atoms with Crippen LogP contribution in [-0.4, -0.2) is 80.6 Å². The minimum atomic E-state index is -0.877. The molecule has 0 saturated heterocycles. The van der Waals surface area contributed by atoms with Gasteiger partial charge >= 0.3 is 17.9 Å². The second kappa shape index (κ2) is 39.6. The van der Waals surface area contributed by atoms with Gasteiger partial charge in [-0.15, -0.1) is 0 Å². The van der Waals surface area contributed by atoms with Gasteiger partial charge in [0.15, 0.2) is 12.1 Å². The molecule has 2 atom stereocenters. The van der Waals surface area contributed by atoms with Gasteiger partial charge in [0, 0.05) is 19.3 Å². The first-order valence-electron chi connectivity index (χ1n) is 23.4. The van der Waals surface area contributed by atoms with Gasteiger partial charge in [-0.25, -0.2) is 4.79 Å². The molecule has 8 nitrogen and oxygen atoms in total. The van der Waals surface area contributed by atoms with Crippen LogP contribution in [0.2, 0.25) is 0 Å². The van der Waals surface area contributed by atoms with Crippen molar-refractivity contribution in [2.75, 3.05) is 41.0 Å². The van der Waals surface area contributed by atoms with Gasteiger partial charge in [-0.2, -0.15) is 0 Å². The van der Waals surface area contributed by atoms with E-state index in [1.807, 2.05) is 21.1 Å². The summed E-state index contributed by atoms with van der Waals surface area (Å²) in [5.41, 5.74) is 0. The Kier molecular flexibility index (Phi) is 38.1. The SMILES string of the molecule is CCCCCCCCC/C=C/CCCCCC(=O)OC(COCCC(C(=O)O)[N+](C)(C)C)COC(=O)CCCCCCC/C=C/CCCCCCCCCCC. The highest BCUT2D eigenvalue weighted by atomic mass is 16.6. The number of esters is 2. The number of hydrogen-bond donors (Lipinski definition) is 1.